The van der Waals surface area contributed by atoms with Crippen molar-refractivity contribution in [2.24, 2.45) is 13.0 Å². The third-order valence-electron chi connectivity index (χ3n) is 4.15. The van der Waals surface area contributed by atoms with Crippen LogP contribution in [-0.2, 0) is 11.8 Å². The fourth-order valence-electron chi connectivity index (χ4n) is 2.75. The maximum Gasteiger partial charge on any atom is 0.314 e. The van der Waals surface area contributed by atoms with Gasteiger partial charge in [-0.3, -0.25) is 9.48 Å². The second kappa shape index (κ2) is 6.39. The van der Waals surface area contributed by atoms with Crippen LogP contribution >= 0.6 is 0 Å². The number of pyridine rings is 1. The Hall–Kier alpha value is -3.15. The smallest absolute Gasteiger partial charge is 0.314 e. The van der Waals surface area contributed by atoms with Gasteiger partial charge >= 0.3 is 5.97 Å². The molecule has 4 rings (SSSR count). The number of nitrogens with zero attached hydrogens (tertiary/aromatic N) is 3. The molecule has 0 unspecified atom stereocenters. The molecule has 0 bridgehead atoms. The van der Waals surface area contributed by atoms with E-state index in [-0.39, 0.29) is 17.8 Å². The number of hydrogen-bond donors (Lipinski definition) is 0. The number of aromatic nitrogens is 3. The molecule has 1 aliphatic carbocycles. The Morgan fingerprint density at radius 1 is 1.16 bits per heavy atom. The van der Waals surface area contributed by atoms with Gasteiger partial charge < -0.3 is 9.47 Å². The van der Waals surface area contributed by atoms with Gasteiger partial charge in [0.25, 0.3) is 0 Å². The predicted molar refractivity (Wildman–Crippen MR) is 90.4 cm³/mol. The van der Waals surface area contributed by atoms with Crippen molar-refractivity contribution < 1.29 is 14.3 Å². The highest BCUT2D eigenvalue weighted by Gasteiger charge is 2.46. The van der Waals surface area contributed by atoms with Crippen LogP contribution in [-0.4, -0.2) is 20.7 Å². The first-order chi connectivity index (χ1) is 12.2. The van der Waals surface area contributed by atoms with E-state index in [0.717, 1.165) is 12.0 Å². The molecule has 1 saturated carbocycles. The highest BCUT2D eigenvalue weighted by atomic mass is 16.5. The third kappa shape index (κ3) is 3.52. The largest absolute Gasteiger partial charge is 0.439 e. The minimum absolute atomic E-state index is 0.0892. The molecular weight excluding hydrogens is 318 g/mol. The van der Waals surface area contributed by atoms with Crippen LogP contribution in [0.15, 0.2) is 61.1 Å². The van der Waals surface area contributed by atoms with Gasteiger partial charge in [-0.15, -0.1) is 0 Å². The highest BCUT2D eigenvalue weighted by molar-refractivity contribution is 5.79. The maximum absolute atomic E-state index is 12.3. The number of carbonyl (C=O) groups excluding carboxylic acids is 1. The lowest BCUT2D eigenvalue weighted by molar-refractivity contribution is -0.135. The van der Waals surface area contributed by atoms with Crippen LogP contribution in [0.5, 0.6) is 17.4 Å². The van der Waals surface area contributed by atoms with E-state index in [2.05, 4.69) is 10.1 Å². The van der Waals surface area contributed by atoms with Gasteiger partial charge in [0.2, 0.25) is 5.88 Å². The Kier molecular flexibility index (Phi) is 3.93. The number of aryl methyl sites for hydroxylation is 1. The van der Waals surface area contributed by atoms with E-state index in [9.17, 15) is 4.79 Å². The van der Waals surface area contributed by atoms with Crippen LogP contribution in [0.25, 0.3) is 0 Å². The average Bonchev–Trinajstić information content (AvgIpc) is 3.32. The first kappa shape index (κ1) is 15.4. The Morgan fingerprint density at radius 3 is 2.64 bits per heavy atom. The summed E-state index contributed by atoms with van der Waals surface area (Å²) in [5.41, 5.74) is 1.09. The van der Waals surface area contributed by atoms with Crippen LogP contribution in [0.3, 0.4) is 0 Å². The molecule has 1 fully saturated rings. The summed E-state index contributed by atoms with van der Waals surface area (Å²) in [7, 11) is 1.87. The van der Waals surface area contributed by atoms with E-state index < -0.39 is 0 Å². The zero-order valence-corrected chi connectivity index (χ0v) is 13.7. The topological polar surface area (TPSA) is 66.2 Å². The van der Waals surface area contributed by atoms with Crippen LogP contribution in [0.1, 0.15) is 17.9 Å². The lowest BCUT2D eigenvalue weighted by atomic mass is 10.2. The molecule has 0 aliphatic heterocycles. The van der Waals surface area contributed by atoms with Crippen LogP contribution in [0.2, 0.25) is 0 Å². The summed E-state index contributed by atoms with van der Waals surface area (Å²) in [5, 5.41) is 4.15. The van der Waals surface area contributed by atoms with Crippen molar-refractivity contribution >= 4 is 5.97 Å². The molecule has 2 atom stereocenters. The zero-order valence-electron chi connectivity index (χ0n) is 13.7. The van der Waals surface area contributed by atoms with Crippen molar-refractivity contribution in [3.63, 3.8) is 0 Å². The summed E-state index contributed by atoms with van der Waals surface area (Å²) < 4.78 is 12.8. The molecule has 0 spiro atoms. The lowest BCUT2D eigenvalue weighted by Crippen LogP contribution is -2.11. The van der Waals surface area contributed by atoms with E-state index in [1.165, 1.54) is 0 Å². The quantitative estimate of drug-likeness (QED) is 0.528. The second-order valence-corrected chi connectivity index (χ2v) is 6.06. The number of benzene rings is 1. The molecule has 3 aromatic rings. The molecule has 2 aromatic heterocycles. The van der Waals surface area contributed by atoms with Gasteiger partial charge in [-0.2, -0.15) is 5.10 Å². The fourth-order valence-corrected chi connectivity index (χ4v) is 2.75. The van der Waals surface area contributed by atoms with E-state index in [0.29, 0.717) is 17.4 Å². The first-order valence-corrected chi connectivity index (χ1v) is 8.08. The summed E-state index contributed by atoms with van der Waals surface area (Å²) in [4.78, 5) is 16.4. The molecular formula is C19H17N3O3. The third-order valence-corrected chi connectivity index (χ3v) is 4.15. The summed E-state index contributed by atoms with van der Waals surface area (Å²) in [6.07, 6.45) is 6.23. The molecule has 0 N–H and O–H groups in total. The zero-order chi connectivity index (χ0) is 17.2. The number of carbonyl (C=O) groups is 1. The minimum Gasteiger partial charge on any atom is -0.439 e. The van der Waals surface area contributed by atoms with Crippen molar-refractivity contribution in [3.8, 4) is 17.4 Å². The number of ether oxygens (including phenoxy) is 2. The number of esters is 1. The van der Waals surface area contributed by atoms with Gasteiger partial charge in [0.15, 0.2) is 0 Å². The SMILES string of the molecule is Cn1cc([C@H]2C[C@H]2C(=O)Oc2ccc(Oc3ccccn3)cc2)cn1. The second-order valence-electron chi connectivity index (χ2n) is 6.06. The molecule has 25 heavy (non-hydrogen) atoms. The van der Waals surface area contributed by atoms with E-state index in [1.54, 1.807) is 41.2 Å². The van der Waals surface area contributed by atoms with Crippen molar-refractivity contribution in [1.82, 2.24) is 14.8 Å². The Balaban J connectivity index is 1.34. The molecule has 0 radical (unpaired) electrons. The fraction of sp³-hybridized carbons (Fsp3) is 0.211. The van der Waals surface area contributed by atoms with Gasteiger partial charge in [0.1, 0.15) is 11.5 Å². The molecule has 0 saturated heterocycles. The molecule has 1 aromatic carbocycles. The first-order valence-electron chi connectivity index (χ1n) is 8.08. The Bertz CT molecular complexity index is 874. The summed E-state index contributed by atoms with van der Waals surface area (Å²) in [5.74, 6) is 1.59. The van der Waals surface area contributed by atoms with E-state index in [4.69, 9.17) is 9.47 Å². The van der Waals surface area contributed by atoms with Crippen LogP contribution in [0.4, 0.5) is 0 Å². The average molecular weight is 335 g/mol. The summed E-state index contributed by atoms with van der Waals surface area (Å²) in [6.45, 7) is 0. The van der Waals surface area contributed by atoms with Gasteiger partial charge in [-0.1, -0.05) is 6.07 Å². The van der Waals surface area contributed by atoms with Crippen molar-refractivity contribution in [2.45, 2.75) is 12.3 Å². The molecule has 2 heterocycles. The molecule has 126 valence electrons. The molecule has 6 heteroatoms. The van der Waals surface area contributed by atoms with Gasteiger partial charge in [-0.05, 0) is 42.3 Å². The van der Waals surface area contributed by atoms with Crippen LogP contribution < -0.4 is 9.47 Å². The van der Waals surface area contributed by atoms with Crippen molar-refractivity contribution in [2.75, 3.05) is 0 Å². The van der Waals surface area contributed by atoms with E-state index >= 15 is 0 Å². The van der Waals surface area contributed by atoms with Crippen molar-refractivity contribution in [3.05, 3.63) is 66.6 Å². The molecule has 1 aliphatic rings. The molecule has 0 amide bonds. The number of hydrogen-bond acceptors (Lipinski definition) is 5. The van der Waals surface area contributed by atoms with Crippen LogP contribution in [0, 0.1) is 5.92 Å². The normalized spacial score (nSPS) is 18.6. The minimum atomic E-state index is -0.202. The summed E-state index contributed by atoms with van der Waals surface area (Å²) >= 11 is 0. The monoisotopic (exact) mass is 335 g/mol. The standard InChI is InChI=1S/C19H17N3O3/c1-22-12-13(11-21-22)16-10-17(16)19(23)25-15-7-5-14(6-8-15)24-18-4-2-3-9-20-18/h2-9,11-12,16-17H,10H2,1H3/t16-,17-/m1/s1. The van der Waals surface area contributed by atoms with Gasteiger partial charge in [0.05, 0.1) is 12.1 Å². The van der Waals surface area contributed by atoms with E-state index in [1.807, 2.05) is 31.6 Å². The van der Waals surface area contributed by atoms with Gasteiger partial charge in [-0.25, -0.2) is 4.98 Å². The highest BCUT2D eigenvalue weighted by Crippen LogP contribution is 2.48. The lowest BCUT2D eigenvalue weighted by Gasteiger charge is -2.06. The summed E-state index contributed by atoms with van der Waals surface area (Å²) in [6, 6.07) is 12.4. The maximum atomic E-state index is 12.3. The Morgan fingerprint density at radius 2 is 1.96 bits per heavy atom. The molecule has 6 nitrogen and oxygen atoms in total. The van der Waals surface area contributed by atoms with Gasteiger partial charge in [0, 0.05) is 31.4 Å². The predicted octanol–water partition coefficient (Wildman–Crippen LogP) is 3.32. The van der Waals surface area contributed by atoms with Crippen molar-refractivity contribution in [1.29, 1.82) is 0 Å². The number of rotatable bonds is 5. The Labute approximate surface area is 145 Å².